The van der Waals surface area contributed by atoms with Crippen molar-refractivity contribution in [2.24, 2.45) is 0 Å². The molecule has 2 aromatic heterocycles. The molecule has 2 N–H and O–H groups in total. The first kappa shape index (κ1) is 22.0. The lowest BCUT2D eigenvalue weighted by Gasteiger charge is -2.16. The Kier molecular flexibility index (Phi) is 6.35. The predicted molar refractivity (Wildman–Crippen MR) is 121 cm³/mol. The number of esters is 2. The molecule has 0 aliphatic carbocycles. The number of fused-ring (bicyclic) bond motifs is 1. The number of furan rings is 1. The fraction of sp³-hybridized carbons (Fsp3) is 0.200. The SMILES string of the molecule is CCOC(=O)c1c(C)oc2nc(COC(=O)C(c3ccccc3)c3ccccc3)nc(N)c12. The summed E-state index contributed by atoms with van der Waals surface area (Å²) in [6.07, 6.45) is 0. The van der Waals surface area contributed by atoms with Gasteiger partial charge in [0.25, 0.3) is 0 Å². The van der Waals surface area contributed by atoms with Gasteiger partial charge in [-0.1, -0.05) is 60.7 Å². The maximum absolute atomic E-state index is 13.1. The van der Waals surface area contributed by atoms with Gasteiger partial charge in [0.2, 0.25) is 5.71 Å². The molecule has 0 fully saturated rings. The van der Waals surface area contributed by atoms with Crippen molar-refractivity contribution < 1.29 is 23.5 Å². The first-order valence-corrected chi connectivity index (χ1v) is 10.5. The highest BCUT2D eigenvalue weighted by atomic mass is 16.5. The zero-order valence-corrected chi connectivity index (χ0v) is 18.3. The highest BCUT2D eigenvalue weighted by Gasteiger charge is 2.26. The molecule has 2 heterocycles. The largest absolute Gasteiger partial charge is 0.462 e. The minimum Gasteiger partial charge on any atom is -0.462 e. The number of nitrogen functional groups attached to an aromatic ring is 1. The lowest BCUT2D eigenvalue weighted by Crippen LogP contribution is -2.18. The standard InChI is InChI=1S/C25H23N3O5/c1-3-31-24(29)19-15(2)33-23-21(19)22(26)27-18(28-23)14-32-25(30)20(16-10-6-4-7-11-16)17-12-8-5-9-13-17/h4-13,20H,3,14H2,1-2H3,(H2,26,27,28). The smallest absolute Gasteiger partial charge is 0.342 e. The van der Waals surface area contributed by atoms with Gasteiger partial charge in [0.1, 0.15) is 23.1 Å². The second kappa shape index (κ2) is 9.52. The maximum atomic E-state index is 13.1. The van der Waals surface area contributed by atoms with Crippen LogP contribution in [0.15, 0.2) is 65.1 Å². The topological polar surface area (TPSA) is 118 Å². The van der Waals surface area contributed by atoms with E-state index >= 15 is 0 Å². The number of aryl methyl sites for hydroxylation is 1. The Morgan fingerprint density at radius 2 is 1.58 bits per heavy atom. The summed E-state index contributed by atoms with van der Waals surface area (Å²) in [5.74, 6) is -1.07. The summed E-state index contributed by atoms with van der Waals surface area (Å²) in [6, 6.07) is 18.8. The Labute approximate surface area is 190 Å². The zero-order chi connectivity index (χ0) is 23.4. The zero-order valence-electron chi connectivity index (χ0n) is 18.3. The molecule has 2 aromatic carbocycles. The molecule has 0 spiro atoms. The van der Waals surface area contributed by atoms with E-state index in [0.29, 0.717) is 5.76 Å². The minimum atomic E-state index is -0.602. The molecule has 0 radical (unpaired) electrons. The van der Waals surface area contributed by atoms with Gasteiger partial charge in [0.05, 0.1) is 12.0 Å². The third-order valence-corrected chi connectivity index (χ3v) is 5.13. The van der Waals surface area contributed by atoms with Crippen LogP contribution >= 0.6 is 0 Å². The van der Waals surface area contributed by atoms with Gasteiger partial charge in [0.15, 0.2) is 12.4 Å². The number of carbonyl (C=O) groups is 2. The van der Waals surface area contributed by atoms with E-state index in [1.807, 2.05) is 60.7 Å². The van der Waals surface area contributed by atoms with E-state index in [1.54, 1.807) is 13.8 Å². The Bertz CT molecular complexity index is 1250. The third-order valence-electron chi connectivity index (χ3n) is 5.13. The molecule has 33 heavy (non-hydrogen) atoms. The predicted octanol–water partition coefficient (Wildman–Crippen LogP) is 4.17. The number of nitrogens with two attached hydrogens (primary N) is 1. The van der Waals surface area contributed by atoms with Gasteiger partial charge in [-0.2, -0.15) is 4.98 Å². The summed E-state index contributed by atoms with van der Waals surface area (Å²) in [4.78, 5) is 33.9. The molecule has 0 saturated heterocycles. The molecule has 168 valence electrons. The van der Waals surface area contributed by atoms with Gasteiger partial charge in [-0.25, -0.2) is 9.78 Å². The summed E-state index contributed by atoms with van der Waals surface area (Å²) in [5.41, 5.74) is 8.05. The van der Waals surface area contributed by atoms with Gasteiger partial charge >= 0.3 is 11.9 Å². The minimum absolute atomic E-state index is 0.0496. The lowest BCUT2D eigenvalue weighted by molar-refractivity contribution is -0.146. The fourth-order valence-electron chi connectivity index (χ4n) is 3.67. The Hall–Kier alpha value is -4.20. The first-order valence-electron chi connectivity index (χ1n) is 10.5. The maximum Gasteiger partial charge on any atom is 0.342 e. The monoisotopic (exact) mass is 445 g/mol. The number of nitrogens with zero attached hydrogens (tertiary/aromatic N) is 2. The van der Waals surface area contributed by atoms with Crippen molar-refractivity contribution >= 4 is 28.9 Å². The highest BCUT2D eigenvalue weighted by Crippen LogP contribution is 2.30. The number of anilines is 1. The molecule has 0 unspecified atom stereocenters. The van der Waals surface area contributed by atoms with Gasteiger partial charge in [-0.3, -0.25) is 4.79 Å². The van der Waals surface area contributed by atoms with E-state index in [0.717, 1.165) is 11.1 Å². The first-order chi connectivity index (χ1) is 16.0. The molecule has 0 bridgehead atoms. The molecule has 4 aromatic rings. The average Bonchev–Trinajstić information content (AvgIpc) is 3.16. The Morgan fingerprint density at radius 3 is 2.15 bits per heavy atom. The lowest BCUT2D eigenvalue weighted by atomic mass is 9.91. The van der Waals surface area contributed by atoms with Crippen molar-refractivity contribution in [2.75, 3.05) is 12.3 Å². The third kappa shape index (κ3) is 4.55. The van der Waals surface area contributed by atoms with Crippen LogP contribution in [0.5, 0.6) is 0 Å². The van der Waals surface area contributed by atoms with Crippen LogP contribution in [0.2, 0.25) is 0 Å². The molecular weight excluding hydrogens is 422 g/mol. The van der Waals surface area contributed by atoms with E-state index in [1.165, 1.54) is 0 Å². The van der Waals surface area contributed by atoms with Gasteiger partial charge in [-0.05, 0) is 25.0 Å². The van der Waals surface area contributed by atoms with Crippen LogP contribution in [-0.4, -0.2) is 28.5 Å². The van der Waals surface area contributed by atoms with Gasteiger partial charge in [-0.15, -0.1) is 0 Å². The van der Waals surface area contributed by atoms with Crippen LogP contribution in [0.3, 0.4) is 0 Å². The molecule has 0 saturated carbocycles. The fourth-order valence-corrected chi connectivity index (χ4v) is 3.67. The molecule has 8 nitrogen and oxygen atoms in total. The number of benzene rings is 2. The summed E-state index contributed by atoms with van der Waals surface area (Å²) < 4.78 is 16.3. The van der Waals surface area contributed by atoms with Gasteiger partial charge in [0, 0.05) is 0 Å². The van der Waals surface area contributed by atoms with Crippen LogP contribution in [0.25, 0.3) is 11.1 Å². The number of rotatable bonds is 7. The van der Waals surface area contributed by atoms with Crippen molar-refractivity contribution in [3.63, 3.8) is 0 Å². The number of ether oxygens (including phenoxy) is 2. The van der Waals surface area contributed by atoms with E-state index in [9.17, 15) is 9.59 Å². The summed E-state index contributed by atoms with van der Waals surface area (Å²) in [7, 11) is 0. The van der Waals surface area contributed by atoms with E-state index in [2.05, 4.69) is 9.97 Å². The molecule has 0 atom stereocenters. The summed E-state index contributed by atoms with van der Waals surface area (Å²) in [6.45, 7) is 3.34. The normalized spacial score (nSPS) is 11.0. The molecule has 8 heteroatoms. The van der Waals surface area contributed by atoms with Gasteiger partial charge < -0.3 is 19.6 Å². The average molecular weight is 445 g/mol. The van der Waals surface area contributed by atoms with Crippen LogP contribution in [0.1, 0.15) is 45.9 Å². The van der Waals surface area contributed by atoms with E-state index in [4.69, 9.17) is 19.6 Å². The highest BCUT2D eigenvalue weighted by molar-refractivity contribution is 6.07. The quantitative estimate of drug-likeness (QED) is 0.421. The molecule has 4 rings (SSSR count). The second-order valence-electron chi connectivity index (χ2n) is 7.32. The molecule has 0 aliphatic heterocycles. The number of aromatic nitrogens is 2. The Morgan fingerprint density at radius 1 is 0.970 bits per heavy atom. The van der Waals surface area contributed by atoms with Crippen LogP contribution in [-0.2, 0) is 20.9 Å². The van der Waals surface area contributed by atoms with Crippen molar-refractivity contribution in [3.8, 4) is 0 Å². The Balaban J connectivity index is 1.59. The number of carbonyl (C=O) groups excluding carboxylic acids is 2. The van der Waals surface area contributed by atoms with Crippen molar-refractivity contribution in [1.29, 1.82) is 0 Å². The van der Waals surface area contributed by atoms with Crippen molar-refractivity contribution in [3.05, 3.63) is 88.9 Å². The molecule has 0 aliphatic rings. The van der Waals surface area contributed by atoms with E-state index < -0.39 is 17.9 Å². The molecular formula is C25H23N3O5. The van der Waals surface area contributed by atoms with Crippen LogP contribution in [0.4, 0.5) is 5.82 Å². The van der Waals surface area contributed by atoms with Crippen molar-refractivity contribution in [2.45, 2.75) is 26.4 Å². The summed E-state index contributed by atoms with van der Waals surface area (Å²) >= 11 is 0. The van der Waals surface area contributed by atoms with Crippen LogP contribution < -0.4 is 5.73 Å². The molecule has 0 amide bonds. The number of hydrogen-bond donors (Lipinski definition) is 1. The number of hydrogen-bond acceptors (Lipinski definition) is 8. The van der Waals surface area contributed by atoms with E-state index in [-0.39, 0.29) is 41.5 Å². The van der Waals surface area contributed by atoms with Crippen molar-refractivity contribution in [1.82, 2.24) is 9.97 Å². The second-order valence-corrected chi connectivity index (χ2v) is 7.32. The van der Waals surface area contributed by atoms with Crippen LogP contribution in [0, 0.1) is 6.92 Å². The summed E-state index contributed by atoms with van der Waals surface area (Å²) in [5, 5.41) is 0.285.